The van der Waals surface area contributed by atoms with Crippen LogP contribution in [0.5, 0.6) is 5.75 Å². The SMILES string of the molecule is COC1CN(C(=O)O[C@H]2/C=C/CN(C)C3(CCC3)C(=O)NS(=O)(=O)c3ccc4c(c3)N(CCCCc3cc(Cl)ccc3CO4)C[C@@H]3CC[C@H]32)C1. The van der Waals surface area contributed by atoms with Gasteiger partial charge in [0.1, 0.15) is 24.0 Å². The van der Waals surface area contributed by atoms with E-state index in [1.54, 1.807) is 24.1 Å². The first-order valence-corrected chi connectivity index (χ1v) is 19.6. The Morgan fingerprint density at radius 1 is 1.04 bits per heavy atom. The van der Waals surface area contributed by atoms with Crippen LogP contribution < -0.4 is 14.4 Å². The van der Waals surface area contributed by atoms with Crippen molar-refractivity contribution >= 4 is 39.3 Å². The molecule has 5 aliphatic rings. The number of carbonyl (C=O) groups is 2. The number of likely N-dealkylation sites (tertiary alicyclic amines) is 1. The molecule has 2 aliphatic carbocycles. The van der Waals surface area contributed by atoms with Crippen LogP contribution in [-0.4, -0.2) is 94.8 Å². The molecular weight excluding hydrogens is 680 g/mol. The molecule has 3 fully saturated rings. The summed E-state index contributed by atoms with van der Waals surface area (Å²) in [5.41, 5.74) is 1.90. The monoisotopic (exact) mass is 726 g/mol. The molecule has 270 valence electrons. The highest BCUT2D eigenvalue weighted by molar-refractivity contribution is 7.90. The number of methoxy groups -OCH3 is 1. The van der Waals surface area contributed by atoms with E-state index >= 15 is 0 Å². The van der Waals surface area contributed by atoms with Gasteiger partial charge in [-0.05, 0) is 112 Å². The predicted molar refractivity (Wildman–Crippen MR) is 190 cm³/mol. The van der Waals surface area contributed by atoms with Gasteiger partial charge in [0.25, 0.3) is 15.9 Å². The lowest BCUT2D eigenvalue weighted by molar-refractivity contribution is -0.136. The number of ether oxygens (including phenoxy) is 3. The van der Waals surface area contributed by atoms with Gasteiger partial charge in [0.2, 0.25) is 0 Å². The minimum Gasteiger partial charge on any atom is -0.487 e. The van der Waals surface area contributed by atoms with Gasteiger partial charge < -0.3 is 24.0 Å². The van der Waals surface area contributed by atoms with Crippen molar-refractivity contribution in [3.8, 4) is 5.75 Å². The number of sulfonamides is 1. The molecule has 3 heterocycles. The van der Waals surface area contributed by atoms with Gasteiger partial charge >= 0.3 is 6.09 Å². The molecule has 2 aromatic carbocycles. The number of hydrogen-bond acceptors (Lipinski definition) is 9. The maximum Gasteiger partial charge on any atom is 0.410 e. The molecule has 2 bridgehead atoms. The van der Waals surface area contributed by atoms with Crippen molar-refractivity contribution in [2.75, 3.05) is 51.8 Å². The van der Waals surface area contributed by atoms with E-state index in [9.17, 15) is 18.0 Å². The van der Waals surface area contributed by atoms with Crippen molar-refractivity contribution in [3.05, 3.63) is 64.7 Å². The summed E-state index contributed by atoms with van der Waals surface area (Å²) in [6.07, 6.45) is 9.56. The molecular formula is C37H47ClN4O7S. The van der Waals surface area contributed by atoms with E-state index in [1.807, 2.05) is 42.3 Å². The largest absolute Gasteiger partial charge is 0.487 e. The second kappa shape index (κ2) is 14.4. The first kappa shape index (κ1) is 35.1. The van der Waals surface area contributed by atoms with Crippen molar-refractivity contribution in [2.24, 2.45) is 11.8 Å². The predicted octanol–water partition coefficient (Wildman–Crippen LogP) is 5.15. The standard InChI is InChI=1S/C37H47ClN4O7S/c1-40-17-5-8-33(49-36(44)42-22-29(23-42)47-2)31-13-10-26(31)21-41-18-4-3-7-25-19-28(38)11-9-27(25)24-48-34-14-12-30(20-32(34)41)50(45,46)39-35(43)37(40)15-6-16-37/h5,8-9,11-12,14,19-20,26,29,31,33H,3-4,6-7,10,13,15-18,21-24H2,1-2H3,(H,39,43)/b8-5+/t26-,31+,33-/m0/s1. The molecule has 11 nitrogen and oxygen atoms in total. The van der Waals surface area contributed by atoms with Crippen LogP contribution in [0.1, 0.15) is 56.1 Å². The summed E-state index contributed by atoms with van der Waals surface area (Å²) in [7, 11) is -0.692. The zero-order valence-electron chi connectivity index (χ0n) is 28.8. The van der Waals surface area contributed by atoms with Crippen LogP contribution in [0.25, 0.3) is 0 Å². The third kappa shape index (κ3) is 6.96. The minimum absolute atomic E-state index is 0.0187. The Labute approximate surface area is 299 Å². The van der Waals surface area contributed by atoms with Gasteiger partial charge in [-0.25, -0.2) is 17.9 Å². The van der Waals surface area contributed by atoms with Crippen molar-refractivity contribution in [3.63, 3.8) is 0 Å². The lowest BCUT2D eigenvalue weighted by atomic mass is 9.70. The van der Waals surface area contributed by atoms with Crippen LogP contribution in [-0.2, 0) is 37.3 Å². The van der Waals surface area contributed by atoms with Crippen LogP contribution in [0.15, 0.2) is 53.4 Å². The molecule has 7 rings (SSSR count). The van der Waals surface area contributed by atoms with E-state index in [0.29, 0.717) is 68.6 Å². The summed E-state index contributed by atoms with van der Waals surface area (Å²) in [5.74, 6) is 0.311. The minimum atomic E-state index is -4.18. The molecule has 0 radical (unpaired) electrons. The number of fused-ring (bicyclic) bond motifs is 3. The van der Waals surface area contributed by atoms with Crippen molar-refractivity contribution in [2.45, 2.75) is 80.6 Å². The van der Waals surface area contributed by atoms with Crippen LogP contribution in [0, 0.1) is 11.8 Å². The molecule has 0 aromatic heterocycles. The van der Waals surface area contributed by atoms with Gasteiger partial charge in [0.05, 0.1) is 29.8 Å². The number of anilines is 1. The molecule has 1 N–H and O–H groups in total. The summed E-state index contributed by atoms with van der Waals surface area (Å²) in [4.78, 5) is 32.9. The van der Waals surface area contributed by atoms with Crippen LogP contribution in [0.2, 0.25) is 5.02 Å². The quantitative estimate of drug-likeness (QED) is 0.420. The number of hydrogen-bond donors (Lipinski definition) is 1. The summed E-state index contributed by atoms with van der Waals surface area (Å²) >= 11 is 6.36. The van der Waals surface area contributed by atoms with Crippen LogP contribution >= 0.6 is 11.6 Å². The Bertz CT molecular complexity index is 1740. The van der Waals surface area contributed by atoms with Gasteiger partial charge in [-0.2, -0.15) is 0 Å². The maximum absolute atomic E-state index is 13.9. The van der Waals surface area contributed by atoms with E-state index < -0.39 is 27.6 Å². The fraction of sp³-hybridized carbons (Fsp3) is 0.568. The molecule has 2 saturated carbocycles. The Kier molecular flexibility index (Phi) is 10.1. The molecule has 2 amide bonds. The molecule has 0 unspecified atom stereocenters. The van der Waals surface area contributed by atoms with Crippen molar-refractivity contribution in [1.82, 2.24) is 14.5 Å². The summed E-state index contributed by atoms with van der Waals surface area (Å²) in [6, 6.07) is 10.7. The second-order valence-electron chi connectivity index (χ2n) is 14.5. The second-order valence-corrected chi connectivity index (χ2v) is 16.6. The highest BCUT2D eigenvalue weighted by Crippen LogP contribution is 2.43. The summed E-state index contributed by atoms with van der Waals surface area (Å²) in [6.45, 7) is 3.03. The van der Waals surface area contributed by atoms with E-state index in [0.717, 1.165) is 49.7 Å². The van der Waals surface area contributed by atoms with Gasteiger partial charge in [0, 0.05) is 37.7 Å². The van der Waals surface area contributed by atoms with Gasteiger partial charge in [-0.15, -0.1) is 0 Å². The fourth-order valence-corrected chi connectivity index (χ4v) is 9.18. The maximum atomic E-state index is 13.9. The molecule has 13 heteroatoms. The summed E-state index contributed by atoms with van der Waals surface area (Å²) < 4.78 is 48.2. The topological polar surface area (TPSA) is 118 Å². The number of nitrogens with zero attached hydrogens (tertiary/aromatic N) is 3. The Morgan fingerprint density at radius 3 is 2.58 bits per heavy atom. The Morgan fingerprint density at radius 2 is 1.86 bits per heavy atom. The third-order valence-electron chi connectivity index (χ3n) is 11.6. The molecule has 2 aromatic rings. The smallest absolute Gasteiger partial charge is 0.410 e. The van der Waals surface area contributed by atoms with Crippen LogP contribution in [0.3, 0.4) is 0 Å². The number of aryl methyl sites for hydroxylation is 1. The van der Waals surface area contributed by atoms with E-state index in [4.69, 9.17) is 25.8 Å². The number of benzene rings is 2. The molecule has 1 saturated heterocycles. The molecule has 3 atom stereocenters. The highest BCUT2D eigenvalue weighted by atomic mass is 35.5. The number of amides is 2. The first-order valence-electron chi connectivity index (χ1n) is 17.8. The number of carbonyl (C=O) groups excluding carboxylic acids is 2. The van der Waals surface area contributed by atoms with Gasteiger partial charge in [-0.1, -0.05) is 23.7 Å². The Balaban J connectivity index is 1.25. The van der Waals surface area contributed by atoms with E-state index in [-0.39, 0.29) is 28.9 Å². The molecule has 1 spiro atoms. The number of nitrogens with one attached hydrogen (secondary N) is 1. The number of halogens is 1. The van der Waals surface area contributed by atoms with Crippen LogP contribution in [0.4, 0.5) is 10.5 Å². The fourth-order valence-electron chi connectivity index (χ4n) is 7.92. The zero-order chi connectivity index (χ0) is 35.0. The normalized spacial score (nSPS) is 27.5. The van der Waals surface area contributed by atoms with Crippen molar-refractivity contribution < 1.29 is 32.2 Å². The lowest BCUT2D eigenvalue weighted by Crippen LogP contribution is -2.62. The third-order valence-corrected chi connectivity index (χ3v) is 13.1. The average Bonchev–Trinajstić information content (AvgIpc) is 3.04. The highest BCUT2D eigenvalue weighted by Gasteiger charge is 2.49. The van der Waals surface area contributed by atoms with Gasteiger partial charge in [-0.3, -0.25) is 9.69 Å². The molecule has 3 aliphatic heterocycles. The lowest BCUT2D eigenvalue weighted by Gasteiger charge is -2.47. The summed E-state index contributed by atoms with van der Waals surface area (Å²) in [5, 5.41) is 0.685. The van der Waals surface area contributed by atoms with Crippen molar-refractivity contribution in [1.29, 1.82) is 0 Å². The van der Waals surface area contributed by atoms with E-state index in [1.165, 1.54) is 6.07 Å². The first-order chi connectivity index (χ1) is 24.1. The molecule has 50 heavy (non-hydrogen) atoms. The van der Waals surface area contributed by atoms with Gasteiger partial charge in [0.15, 0.2) is 0 Å². The number of rotatable bonds is 2. The zero-order valence-corrected chi connectivity index (χ0v) is 30.4. The Hall–Kier alpha value is -3.32. The van der Waals surface area contributed by atoms with E-state index in [2.05, 4.69) is 9.62 Å². The average molecular weight is 727 g/mol. The number of likely N-dealkylation sites (N-methyl/N-ethyl adjacent to an activating group) is 1.